The summed E-state index contributed by atoms with van der Waals surface area (Å²) in [5.41, 5.74) is 1.000. The van der Waals surface area contributed by atoms with Gasteiger partial charge < -0.3 is 0 Å². The predicted octanol–water partition coefficient (Wildman–Crippen LogP) is 1.85. The van der Waals surface area contributed by atoms with E-state index in [1.54, 1.807) is 0 Å². The summed E-state index contributed by atoms with van der Waals surface area (Å²) in [6, 6.07) is 0. The molecule has 0 unspecified atom stereocenters. The smallest absolute Gasteiger partial charge is 0.206 e. The van der Waals surface area contributed by atoms with Gasteiger partial charge in [-0.1, -0.05) is 0 Å². The van der Waals surface area contributed by atoms with E-state index in [-0.39, 0.29) is 6.33 Å². The summed E-state index contributed by atoms with van der Waals surface area (Å²) in [7, 11) is 0. The van der Waals surface area contributed by atoms with Crippen LogP contribution in [-0.2, 0) is 0 Å². The first-order valence-electron chi connectivity index (χ1n) is 1.13. The van der Waals surface area contributed by atoms with Crippen LogP contribution in [0.25, 0.3) is 0 Å². The molecule has 3 heteroatoms. The molecule has 0 aromatic rings. The molecule has 0 aromatic heterocycles. The molecule has 0 N–H and O–H groups in total. The number of rotatable bonds is 0. The van der Waals surface area contributed by atoms with Crippen molar-refractivity contribution in [1.82, 2.24) is 0 Å². The van der Waals surface area contributed by atoms with E-state index in [0.29, 0.717) is 0 Å². The zero-order valence-electron chi connectivity index (χ0n) is 2.71. The highest BCUT2D eigenvalue weighted by Crippen LogP contribution is 1.90. The van der Waals surface area contributed by atoms with Gasteiger partial charge in [0, 0.05) is 0 Å². The van der Waals surface area contributed by atoms with E-state index < -0.39 is 6.08 Å². The van der Waals surface area contributed by atoms with Crippen molar-refractivity contribution in [2.75, 3.05) is 0 Å². The summed E-state index contributed by atoms with van der Waals surface area (Å²) in [6.45, 7) is 0. The molecule has 0 nitrogen and oxygen atoms in total. The Kier molecular flexibility index (Phi) is 2.25. The summed E-state index contributed by atoms with van der Waals surface area (Å²) in [6.07, 6.45) is -2.48. The number of hydrogen-bond acceptors (Lipinski definition) is 0. The van der Waals surface area contributed by atoms with Crippen molar-refractivity contribution in [2.45, 2.75) is 0 Å². The van der Waals surface area contributed by atoms with Crippen LogP contribution in [0.4, 0.5) is 13.2 Å². The SMILES string of the molecule is FC=C=C(F)F. The summed E-state index contributed by atoms with van der Waals surface area (Å²) in [4.78, 5) is 0. The van der Waals surface area contributed by atoms with Crippen LogP contribution in [0.5, 0.6) is 0 Å². The molecule has 0 radical (unpaired) electrons. The van der Waals surface area contributed by atoms with Gasteiger partial charge in [0.1, 0.15) is 6.33 Å². The lowest BCUT2D eigenvalue weighted by Crippen LogP contribution is -1.41. The van der Waals surface area contributed by atoms with E-state index in [4.69, 9.17) is 0 Å². The zero-order chi connectivity index (χ0) is 4.99. The van der Waals surface area contributed by atoms with E-state index in [0.717, 1.165) is 5.73 Å². The molecule has 0 saturated heterocycles. The molecule has 0 heterocycles. The van der Waals surface area contributed by atoms with E-state index in [1.165, 1.54) is 0 Å². The van der Waals surface area contributed by atoms with Crippen LogP contribution in [0, 0.1) is 0 Å². The second-order valence-electron chi connectivity index (χ2n) is 0.514. The topological polar surface area (TPSA) is 0 Å². The van der Waals surface area contributed by atoms with Gasteiger partial charge in [0.2, 0.25) is 0 Å². The molecule has 34 valence electrons. The lowest BCUT2D eigenvalue weighted by Gasteiger charge is -1.58. The van der Waals surface area contributed by atoms with Crippen molar-refractivity contribution in [1.29, 1.82) is 0 Å². The molecular formula is C3HF3. The fraction of sp³-hybridized carbons (Fsp3) is 0. The summed E-state index contributed by atoms with van der Waals surface area (Å²) in [5, 5.41) is 0. The Balaban J connectivity index is 3.73. The molecule has 0 spiro atoms. The first-order chi connectivity index (χ1) is 2.77. The van der Waals surface area contributed by atoms with Gasteiger partial charge in [-0.2, -0.15) is 8.78 Å². The standard InChI is InChI=1S/C3HF3/c4-2-1-3(5)6/h2H. The fourth-order valence-electron chi connectivity index (χ4n) is 0.0412. The van der Waals surface area contributed by atoms with Gasteiger partial charge in [-0.25, -0.2) is 4.39 Å². The zero-order valence-corrected chi connectivity index (χ0v) is 2.71. The molecule has 0 fully saturated rings. The van der Waals surface area contributed by atoms with E-state index >= 15 is 0 Å². The Labute approximate surface area is 32.6 Å². The van der Waals surface area contributed by atoms with Crippen molar-refractivity contribution in [3.63, 3.8) is 0 Å². The molecule has 0 amide bonds. The molecular weight excluding hydrogens is 93.0 g/mol. The highest BCUT2D eigenvalue weighted by atomic mass is 19.3. The molecule has 0 bridgehead atoms. The van der Waals surface area contributed by atoms with Gasteiger partial charge in [-0.3, -0.25) is 0 Å². The fourth-order valence-corrected chi connectivity index (χ4v) is 0.0412. The third-order valence-corrected chi connectivity index (χ3v) is 0.164. The quantitative estimate of drug-likeness (QED) is 0.402. The van der Waals surface area contributed by atoms with Crippen molar-refractivity contribution in [3.05, 3.63) is 18.1 Å². The van der Waals surface area contributed by atoms with Gasteiger partial charge in [0.15, 0.2) is 0 Å². The number of hydrogen-bond donors (Lipinski definition) is 0. The lowest BCUT2D eigenvalue weighted by atomic mass is 10.9. The minimum Gasteiger partial charge on any atom is -0.206 e. The first kappa shape index (κ1) is 5.31. The Bertz CT molecular complexity index is 84.2. The maximum absolute atomic E-state index is 10.6. The average molecular weight is 94.0 g/mol. The van der Waals surface area contributed by atoms with Crippen LogP contribution in [0.3, 0.4) is 0 Å². The van der Waals surface area contributed by atoms with Gasteiger partial charge in [0.25, 0.3) is 0 Å². The molecule has 0 aliphatic rings. The van der Waals surface area contributed by atoms with E-state index in [9.17, 15) is 13.2 Å². The molecule has 0 aliphatic heterocycles. The molecule has 0 aliphatic carbocycles. The van der Waals surface area contributed by atoms with Gasteiger partial charge >= 0.3 is 6.08 Å². The lowest BCUT2D eigenvalue weighted by molar-refractivity contribution is 0.422. The summed E-state index contributed by atoms with van der Waals surface area (Å²) in [5.74, 6) is 0. The van der Waals surface area contributed by atoms with Crippen molar-refractivity contribution >= 4 is 0 Å². The Hall–Kier alpha value is -0.690. The number of halogens is 3. The van der Waals surface area contributed by atoms with Crippen LogP contribution in [0.15, 0.2) is 18.1 Å². The maximum atomic E-state index is 10.6. The summed E-state index contributed by atoms with van der Waals surface area (Å²) >= 11 is 0. The maximum Gasteiger partial charge on any atom is 0.315 e. The monoisotopic (exact) mass is 94.0 g/mol. The molecule has 0 rings (SSSR count). The minimum atomic E-state index is -2.14. The third kappa shape index (κ3) is 3.31. The normalized spacial score (nSPS) is 6.50. The highest BCUT2D eigenvalue weighted by molar-refractivity contribution is 4.76. The Morgan fingerprint density at radius 2 is 2.00 bits per heavy atom. The average Bonchev–Trinajstić information content (AvgIpc) is 1.35. The van der Waals surface area contributed by atoms with E-state index in [1.807, 2.05) is 0 Å². The van der Waals surface area contributed by atoms with Crippen molar-refractivity contribution < 1.29 is 13.2 Å². The third-order valence-electron chi connectivity index (χ3n) is 0.164. The van der Waals surface area contributed by atoms with Crippen molar-refractivity contribution in [2.24, 2.45) is 0 Å². The highest BCUT2D eigenvalue weighted by Gasteiger charge is 1.75. The van der Waals surface area contributed by atoms with Crippen LogP contribution in [-0.4, -0.2) is 0 Å². The van der Waals surface area contributed by atoms with Crippen LogP contribution in [0.1, 0.15) is 0 Å². The molecule has 0 aromatic carbocycles. The second-order valence-corrected chi connectivity index (χ2v) is 0.514. The Morgan fingerprint density at radius 1 is 1.50 bits per heavy atom. The predicted molar refractivity (Wildman–Crippen MR) is 14.9 cm³/mol. The van der Waals surface area contributed by atoms with Crippen LogP contribution in [0.2, 0.25) is 0 Å². The summed E-state index contributed by atoms with van der Waals surface area (Å²) < 4.78 is 31.6. The van der Waals surface area contributed by atoms with Gasteiger partial charge in [-0.15, -0.1) is 0 Å². The largest absolute Gasteiger partial charge is 0.315 e. The molecule has 6 heavy (non-hydrogen) atoms. The first-order valence-corrected chi connectivity index (χ1v) is 1.13. The van der Waals surface area contributed by atoms with Crippen LogP contribution >= 0.6 is 0 Å². The molecule has 0 saturated carbocycles. The Morgan fingerprint density at radius 3 is 2.00 bits per heavy atom. The minimum absolute atomic E-state index is 0.338. The van der Waals surface area contributed by atoms with Crippen molar-refractivity contribution in [3.8, 4) is 0 Å². The van der Waals surface area contributed by atoms with Gasteiger partial charge in [0.05, 0.1) is 0 Å². The molecule has 0 atom stereocenters. The van der Waals surface area contributed by atoms with E-state index in [2.05, 4.69) is 0 Å². The van der Waals surface area contributed by atoms with Crippen LogP contribution < -0.4 is 0 Å². The van der Waals surface area contributed by atoms with Gasteiger partial charge in [-0.05, 0) is 5.73 Å². The second kappa shape index (κ2) is 2.54.